The number of carboxylic acid groups (broad SMARTS) is 1. The molecule has 0 aliphatic heterocycles. The fourth-order valence-corrected chi connectivity index (χ4v) is 2.46. The summed E-state index contributed by atoms with van der Waals surface area (Å²) in [6.45, 7) is -1.08. The number of nitrogens with zero attached hydrogens (tertiary/aromatic N) is 1. The molecule has 0 aliphatic carbocycles. The van der Waals surface area contributed by atoms with E-state index in [9.17, 15) is 18.4 Å². The molecule has 1 aromatic heterocycles. The van der Waals surface area contributed by atoms with Crippen LogP contribution in [0.15, 0.2) is 53.5 Å². The van der Waals surface area contributed by atoms with Crippen LogP contribution in [0.4, 0.5) is 8.78 Å². The molecule has 26 heavy (non-hydrogen) atoms. The van der Waals surface area contributed by atoms with Crippen LogP contribution in [-0.4, -0.2) is 27.9 Å². The highest BCUT2D eigenvalue weighted by Crippen LogP contribution is 2.32. The Morgan fingerprint density at radius 3 is 2.69 bits per heavy atom. The van der Waals surface area contributed by atoms with E-state index in [1.807, 2.05) is 0 Å². The van der Waals surface area contributed by atoms with E-state index in [2.05, 4.69) is 9.97 Å². The Bertz CT molecular complexity index is 1030. The van der Waals surface area contributed by atoms with Gasteiger partial charge < -0.3 is 14.8 Å². The molecule has 6 nitrogen and oxygen atoms in total. The monoisotopic (exact) mass is 358 g/mol. The summed E-state index contributed by atoms with van der Waals surface area (Å²) in [5.41, 5.74) is 0.0601. The third-order valence-corrected chi connectivity index (χ3v) is 3.61. The number of alkyl halides is 1. The number of rotatable bonds is 5. The van der Waals surface area contributed by atoms with Crippen molar-refractivity contribution in [1.29, 1.82) is 0 Å². The zero-order valence-electron chi connectivity index (χ0n) is 13.2. The first-order valence-electron chi connectivity index (χ1n) is 7.41. The maximum atomic E-state index is 13.6. The molecular formula is C18H12F2N2O4. The molecule has 2 aromatic carbocycles. The molecule has 8 heteroatoms. The lowest BCUT2D eigenvalue weighted by molar-refractivity contribution is 0.0690. The normalized spacial score (nSPS) is 10.5. The van der Waals surface area contributed by atoms with Gasteiger partial charge in [0.15, 0.2) is 5.69 Å². The number of ether oxygens (including phenoxy) is 1. The number of carbonyl (C=O) groups is 1. The SMILES string of the molecule is O=C(O)c1c[nH]c(=O)c(-c2cccc(-c3cc(F)ccc3OCF)c2)n1. The van der Waals surface area contributed by atoms with Crippen molar-refractivity contribution in [2.75, 3.05) is 6.86 Å². The molecule has 0 atom stereocenters. The lowest BCUT2D eigenvalue weighted by Crippen LogP contribution is -2.15. The predicted molar refractivity (Wildman–Crippen MR) is 89.3 cm³/mol. The van der Waals surface area contributed by atoms with Gasteiger partial charge in [-0.25, -0.2) is 18.6 Å². The molecule has 3 aromatic rings. The molecule has 0 radical (unpaired) electrons. The average Bonchev–Trinajstić information content (AvgIpc) is 2.63. The minimum Gasteiger partial charge on any atom is -0.476 e. The van der Waals surface area contributed by atoms with E-state index in [1.54, 1.807) is 18.2 Å². The van der Waals surface area contributed by atoms with E-state index in [-0.39, 0.29) is 22.7 Å². The predicted octanol–water partition coefficient (Wildman–Crippen LogP) is 3.25. The highest BCUT2D eigenvalue weighted by molar-refractivity contribution is 5.85. The summed E-state index contributed by atoms with van der Waals surface area (Å²) in [4.78, 5) is 29.2. The summed E-state index contributed by atoms with van der Waals surface area (Å²) in [5, 5.41) is 9.03. The Labute approximate surface area is 145 Å². The van der Waals surface area contributed by atoms with Gasteiger partial charge in [-0.3, -0.25) is 4.79 Å². The molecular weight excluding hydrogens is 346 g/mol. The second kappa shape index (κ2) is 7.14. The Morgan fingerprint density at radius 2 is 1.96 bits per heavy atom. The fraction of sp³-hybridized carbons (Fsp3) is 0.0556. The fourth-order valence-electron chi connectivity index (χ4n) is 2.46. The summed E-state index contributed by atoms with van der Waals surface area (Å²) in [6, 6.07) is 9.90. The minimum absolute atomic E-state index is 0.101. The molecule has 0 saturated heterocycles. The number of benzene rings is 2. The van der Waals surface area contributed by atoms with E-state index < -0.39 is 24.2 Å². The molecule has 1 heterocycles. The Balaban J connectivity index is 2.14. The number of nitrogens with one attached hydrogen (secondary N) is 1. The van der Waals surface area contributed by atoms with Gasteiger partial charge in [0.25, 0.3) is 5.56 Å². The second-order valence-electron chi connectivity index (χ2n) is 5.24. The Kier molecular flexibility index (Phi) is 4.74. The van der Waals surface area contributed by atoms with Gasteiger partial charge in [0.05, 0.1) is 0 Å². The zero-order chi connectivity index (χ0) is 18.7. The number of hydrogen-bond acceptors (Lipinski definition) is 4. The third kappa shape index (κ3) is 3.44. The summed E-state index contributed by atoms with van der Waals surface area (Å²) in [7, 11) is 0. The van der Waals surface area contributed by atoms with Gasteiger partial charge in [-0.2, -0.15) is 0 Å². The molecule has 0 spiro atoms. The van der Waals surface area contributed by atoms with Crippen LogP contribution in [-0.2, 0) is 0 Å². The lowest BCUT2D eigenvalue weighted by atomic mass is 10.0. The lowest BCUT2D eigenvalue weighted by Gasteiger charge is -2.11. The largest absolute Gasteiger partial charge is 0.476 e. The van der Waals surface area contributed by atoms with Crippen LogP contribution in [0.3, 0.4) is 0 Å². The Morgan fingerprint density at radius 1 is 1.19 bits per heavy atom. The van der Waals surface area contributed by atoms with Gasteiger partial charge in [-0.05, 0) is 29.8 Å². The van der Waals surface area contributed by atoms with Gasteiger partial charge in [-0.15, -0.1) is 0 Å². The number of aromatic amines is 1. The van der Waals surface area contributed by atoms with Crippen molar-refractivity contribution in [3.05, 3.63) is 70.5 Å². The van der Waals surface area contributed by atoms with Gasteiger partial charge >= 0.3 is 5.97 Å². The minimum atomic E-state index is -1.29. The summed E-state index contributed by atoms with van der Waals surface area (Å²) in [6.07, 6.45) is 0.998. The molecule has 0 aliphatic rings. The van der Waals surface area contributed by atoms with E-state index in [4.69, 9.17) is 9.84 Å². The van der Waals surface area contributed by atoms with Gasteiger partial charge in [-0.1, -0.05) is 18.2 Å². The van der Waals surface area contributed by atoms with Crippen molar-refractivity contribution in [2.45, 2.75) is 0 Å². The van der Waals surface area contributed by atoms with Gasteiger partial charge in [0.2, 0.25) is 6.86 Å². The number of aromatic carboxylic acids is 1. The molecule has 0 amide bonds. The number of carboxylic acids is 1. The average molecular weight is 358 g/mol. The van der Waals surface area contributed by atoms with Crippen LogP contribution in [0.25, 0.3) is 22.4 Å². The number of hydrogen-bond donors (Lipinski definition) is 2. The number of halogens is 2. The van der Waals surface area contributed by atoms with Crippen LogP contribution in [0.1, 0.15) is 10.5 Å². The number of H-pyrrole nitrogens is 1. The summed E-state index contributed by atoms with van der Waals surface area (Å²) < 4.78 is 31.1. The maximum Gasteiger partial charge on any atom is 0.356 e. The van der Waals surface area contributed by atoms with E-state index in [0.29, 0.717) is 11.1 Å². The van der Waals surface area contributed by atoms with Crippen molar-refractivity contribution < 1.29 is 23.4 Å². The van der Waals surface area contributed by atoms with Crippen molar-refractivity contribution >= 4 is 5.97 Å². The van der Waals surface area contributed by atoms with Crippen LogP contribution < -0.4 is 10.3 Å². The van der Waals surface area contributed by atoms with Crippen molar-refractivity contribution in [2.24, 2.45) is 0 Å². The van der Waals surface area contributed by atoms with Crippen LogP contribution in [0.5, 0.6) is 5.75 Å². The first-order chi connectivity index (χ1) is 12.5. The first-order valence-corrected chi connectivity index (χ1v) is 7.41. The first kappa shape index (κ1) is 17.3. The van der Waals surface area contributed by atoms with Crippen molar-refractivity contribution in [3.8, 4) is 28.1 Å². The van der Waals surface area contributed by atoms with Gasteiger partial charge in [0.1, 0.15) is 17.3 Å². The summed E-state index contributed by atoms with van der Waals surface area (Å²) >= 11 is 0. The van der Waals surface area contributed by atoms with Crippen LogP contribution in [0, 0.1) is 5.82 Å². The molecule has 2 N–H and O–H groups in total. The quantitative estimate of drug-likeness (QED) is 0.730. The van der Waals surface area contributed by atoms with E-state index in [1.165, 1.54) is 18.2 Å². The molecule has 3 rings (SSSR count). The maximum absolute atomic E-state index is 13.6. The second-order valence-corrected chi connectivity index (χ2v) is 5.24. The Hall–Kier alpha value is -3.55. The van der Waals surface area contributed by atoms with Crippen LogP contribution in [0.2, 0.25) is 0 Å². The number of aromatic nitrogens is 2. The van der Waals surface area contributed by atoms with Gasteiger partial charge in [0, 0.05) is 17.3 Å². The molecule has 0 saturated carbocycles. The third-order valence-electron chi connectivity index (χ3n) is 3.61. The highest BCUT2D eigenvalue weighted by Gasteiger charge is 2.14. The summed E-state index contributed by atoms with van der Waals surface area (Å²) in [5.74, 6) is -1.70. The topological polar surface area (TPSA) is 92.3 Å². The molecule has 0 bridgehead atoms. The molecule has 0 unspecified atom stereocenters. The molecule has 0 fully saturated rings. The van der Waals surface area contributed by atoms with E-state index in [0.717, 1.165) is 12.3 Å². The highest BCUT2D eigenvalue weighted by atomic mass is 19.1. The van der Waals surface area contributed by atoms with E-state index >= 15 is 0 Å². The van der Waals surface area contributed by atoms with Crippen LogP contribution >= 0.6 is 0 Å². The zero-order valence-corrected chi connectivity index (χ0v) is 13.2. The van der Waals surface area contributed by atoms with Crippen molar-refractivity contribution in [3.63, 3.8) is 0 Å². The standard InChI is InChI=1S/C18H12F2N2O4/c19-9-26-15-5-4-12(20)7-13(15)10-2-1-3-11(6-10)16-17(23)21-8-14(22-16)18(24)25/h1-8H,9H2,(H,21,23)(H,24,25). The smallest absolute Gasteiger partial charge is 0.356 e. The van der Waals surface area contributed by atoms with Crippen molar-refractivity contribution in [1.82, 2.24) is 9.97 Å². The molecule has 132 valence electrons.